The maximum atomic E-state index is 12.3. The summed E-state index contributed by atoms with van der Waals surface area (Å²) in [7, 11) is 4.08. The smallest absolute Gasteiger partial charge is 0.251 e. The van der Waals surface area contributed by atoms with Gasteiger partial charge in [-0.05, 0) is 45.0 Å². The van der Waals surface area contributed by atoms with Crippen LogP contribution in [0.15, 0.2) is 12.1 Å². The third-order valence-corrected chi connectivity index (χ3v) is 3.64. The molecule has 0 fully saturated rings. The topological polar surface area (TPSA) is 45.2 Å². The molecule has 1 unspecified atom stereocenters. The molecule has 4 nitrogen and oxygen atoms in total. The van der Waals surface area contributed by atoms with E-state index in [1.165, 1.54) is 0 Å². The highest BCUT2D eigenvalue weighted by atomic mass is 35.5. The molecule has 1 atom stereocenters. The number of pyridine rings is 1. The molecule has 118 valence electrons. The number of nitrogens with one attached hydrogen (secondary N) is 1. The Kier molecular flexibility index (Phi) is 7.12. The molecule has 5 heteroatoms. The van der Waals surface area contributed by atoms with E-state index in [0.717, 1.165) is 18.5 Å². The molecule has 1 aromatic heterocycles. The summed E-state index contributed by atoms with van der Waals surface area (Å²) in [4.78, 5) is 18.6. The minimum absolute atomic E-state index is 0.0930. The zero-order chi connectivity index (χ0) is 16.0. The number of hydrogen-bond donors (Lipinski definition) is 1. The van der Waals surface area contributed by atoms with Crippen molar-refractivity contribution in [2.24, 2.45) is 5.92 Å². The van der Waals surface area contributed by atoms with Gasteiger partial charge in [-0.3, -0.25) is 4.79 Å². The van der Waals surface area contributed by atoms with Crippen LogP contribution >= 0.6 is 11.6 Å². The third-order valence-electron chi connectivity index (χ3n) is 3.44. The average molecular weight is 312 g/mol. The van der Waals surface area contributed by atoms with Gasteiger partial charge >= 0.3 is 0 Å². The van der Waals surface area contributed by atoms with Crippen molar-refractivity contribution < 1.29 is 4.79 Å². The summed E-state index contributed by atoms with van der Waals surface area (Å²) >= 11 is 5.96. The molecule has 0 bridgehead atoms. The second-order valence-electron chi connectivity index (χ2n) is 5.98. The van der Waals surface area contributed by atoms with Gasteiger partial charge in [0.15, 0.2) is 0 Å². The number of likely N-dealkylation sites (N-methyl/N-ethyl adjacent to an activating group) is 1. The largest absolute Gasteiger partial charge is 0.350 e. The number of carbonyl (C=O) groups is 1. The van der Waals surface area contributed by atoms with Crippen LogP contribution < -0.4 is 5.32 Å². The highest BCUT2D eigenvalue weighted by Crippen LogP contribution is 2.12. The summed E-state index contributed by atoms with van der Waals surface area (Å²) < 4.78 is 0. The van der Waals surface area contributed by atoms with Gasteiger partial charge in [0.2, 0.25) is 0 Å². The number of amides is 1. The molecule has 0 spiro atoms. The van der Waals surface area contributed by atoms with E-state index in [1.54, 1.807) is 12.1 Å². The van der Waals surface area contributed by atoms with Crippen molar-refractivity contribution in [1.29, 1.82) is 0 Å². The molecule has 1 heterocycles. The van der Waals surface area contributed by atoms with Gasteiger partial charge in [0.05, 0.1) is 0 Å². The van der Waals surface area contributed by atoms with Crippen LogP contribution in [0.3, 0.4) is 0 Å². The lowest BCUT2D eigenvalue weighted by Crippen LogP contribution is -2.41. The lowest BCUT2D eigenvalue weighted by molar-refractivity contribution is 0.0938. The molecule has 1 amide bonds. The molecule has 0 aliphatic heterocycles. The molecule has 0 aliphatic carbocycles. The molecule has 0 aromatic carbocycles. The Hall–Kier alpha value is -1.13. The molecule has 1 aromatic rings. The van der Waals surface area contributed by atoms with Gasteiger partial charge in [0.25, 0.3) is 5.91 Å². The van der Waals surface area contributed by atoms with Crippen molar-refractivity contribution >= 4 is 17.5 Å². The zero-order valence-electron chi connectivity index (χ0n) is 13.6. The summed E-state index contributed by atoms with van der Waals surface area (Å²) in [6.45, 7) is 7.00. The quantitative estimate of drug-likeness (QED) is 0.787. The fraction of sp³-hybridized carbons (Fsp3) is 0.625. The zero-order valence-corrected chi connectivity index (χ0v) is 14.4. The van der Waals surface area contributed by atoms with Crippen LogP contribution in [0.5, 0.6) is 0 Å². The molecule has 0 radical (unpaired) electrons. The van der Waals surface area contributed by atoms with E-state index < -0.39 is 0 Å². The molecular weight excluding hydrogens is 286 g/mol. The summed E-state index contributed by atoms with van der Waals surface area (Å²) in [5.41, 5.74) is 1.41. The normalized spacial score (nSPS) is 12.8. The molecule has 1 N–H and O–H groups in total. The lowest BCUT2D eigenvalue weighted by atomic mass is 10.0. The molecule has 21 heavy (non-hydrogen) atoms. The number of aromatic nitrogens is 1. The number of rotatable bonds is 7. The molecule has 1 rings (SSSR count). The maximum absolute atomic E-state index is 12.3. The van der Waals surface area contributed by atoms with E-state index in [0.29, 0.717) is 29.2 Å². The van der Waals surface area contributed by atoms with Crippen molar-refractivity contribution in [3.05, 3.63) is 28.5 Å². The first-order valence-corrected chi connectivity index (χ1v) is 7.82. The highest BCUT2D eigenvalue weighted by molar-refractivity contribution is 6.29. The monoisotopic (exact) mass is 311 g/mol. The first-order chi connectivity index (χ1) is 9.83. The van der Waals surface area contributed by atoms with Crippen molar-refractivity contribution in [3.63, 3.8) is 0 Å². The van der Waals surface area contributed by atoms with Crippen LogP contribution in [0.2, 0.25) is 5.15 Å². The van der Waals surface area contributed by atoms with Crippen molar-refractivity contribution in [2.75, 3.05) is 20.6 Å². The van der Waals surface area contributed by atoms with Gasteiger partial charge in [0.1, 0.15) is 5.15 Å². The Balaban J connectivity index is 2.70. The van der Waals surface area contributed by atoms with Crippen LogP contribution in [0, 0.1) is 5.92 Å². The number of nitrogens with zero attached hydrogens (tertiary/aromatic N) is 2. The van der Waals surface area contributed by atoms with Crippen molar-refractivity contribution in [2.45, 2.75) is 39.7 Å². The summed E-state index contributed by atoms with van der Waals surface area (Å²) in [6, 6.07) is 3.74. The van der Waals surface area contributed by atoms with Gasteiger partial charge in [-0.25, -0.2) is 4.98 Å². The van der Waals surface area contributed by atoms with Crippen LogP contribution in [-0.2, 0) is 6.42 Å². The van der Waals surface area contributed by atoms with Crippen LogP contribution in [-0.4, -0.2) is 42.5 Å². The second kappa shape index (κ2) is 8.35. The minimum Gasteiger partial charge on any atom is -0.350 e. The van der Waals surface area contributed by atoms with Crippen LogP contribution in [0.1, 0.15) is 43.2 Å². The third kappa shape index (κ3) is 6.02. The van der Waals surface area contributed by atoms with Gasteiger partial charge in [-0.15, -0.1) is 0 Å². The van der Waals surface area contributed by atoms with Gasteiger partial charge in [-0.1, -0.05) is 32.4 Å². The summed E-state index contributed by atoms with van der Waals surface area (Å²) in [6.07, 6.45) is 1.80. The van der Waals surface area contributed by atoms with Crippen molar-refractivity contribution in [1.82, 2.24) is 15.2 Å². The Labute approximate surface area is 132 Å². The van der Waals surface area contributed by atoms with E-state index >= 15 is 0 Å². The first kappa shape index (κ1) is 17.9. The summed E-state index contributed by atoms with van der Waals surface area (Å²) in [5, 5.41) is 3.36. The second-order valence-corrected chi connectivity index (χ2v) is 6.37. The predicted octanol–water partition coefficient (Wildman–Crippen LogP) is 3.00. The summed E-state index contributed by atoms with van der Waals surface area (Å²) in [5.74, 6) is 0.501. The molecule has 0 aliphatic rings. The first-order valence-electron chi connectivity index (χ1n) is 7.44. The maximum Gasteiger partial charge on any atom is 0.251 e. The fourth-order valence-electron chi connectivity index (χ4n) is 2.20. The molecular formula is C16H26ClN3O. The van der Waals surface area contributed by atoms with Crippen LogP contribution in [0.25, 0.3) is 0 Å². The minimum atomic E-state index is -0.0930. The molecule has 0 saturated carbocycles. The Bertz CT molecular complexity index is 475. The Morgan fingerprint density at radius 1 is 1.38 bits per heavy atom. The van der Waals surface area contributed by atoms with Gasteiger partial charge in [0, 0.05) is 23.8 Å². The van der Waals surface area contributed by atoms with E-state index in [4.69, 9.17) is 11.6 Å². The number of aryl methyl sites for hydroxylation is 1. The van der Waals surface area contributed by atoms with E-state index in [2.05, 4.69) is 29.0 Å². The Morgan fingerprint density at radius 2 is 2.05 bits per heavy atom. The van der Waals surface area contributed by atoms with Gasteiger partial charge in [-0.2, -0.15) is 0 Å². The van der Waals surface area contributed by atoms with Gasteiger partial charge < -0.3 is 10.2 Å². The highest BCUT2D eigenvalue weighted by Gasteiger charge is 2.15. The van der Waals surface area contributed by atoms with Crippen LogP contribution in [0.4, 0.5) is 0 Å². The average Bonchev–Trinajstić information content (AvgIpc) is 2.41. The predicted molar refractivity (Wildman–Crippen MR) is 87.9 cm³/mol. The van der Waals surface area contributed by atoms with E-state index in [-0.39, 0.29) is 5.91 Å². The van der Waals surface area contributed by atoms with Crippen molar-refractivity contribution in [3.8, 4) is 0 Å². The standard InChI is InChI=1S/C16H26ClN3O/c1-6-13-8-12(9-15(17)19-13)16(21)18-10-14(20(4)5)7-11(2)3/h8-9,11,14H,6-7,10H2,1-5H3,(H,18,21). The molecule has 0 saturated heterocycles. The number of halogens is 1. The number of carbonyl (C=O) groups excluding carboxylic acids is 1. The number of hydrogen-bond acceptors (Lipinski definition) is 3. The fourth-order valence-corrected chi connectivity index (χ4v) is 2.42. The van der Waals surface area contributed by atoms with E-state index in [1.807, 2.05) is 21.0 Å². The lowest BCUT2D eigenvalue weighted by Gasteiger charge is -2.26. The van der Waals surface area contributed by atoms with E-state index in [9.17, 15) is 4.79 Å². The SMILES string of the molecule is CCc1cc(C(=O)NCC(CC(C)C)N(C)C)cc(Cl)n1. The Morgan fingerprint density at radius 3 is 2.57 bits per heavy atom.